The molecule has 0 spiro atoms. The molecule has 1 fully saturated rings. The number of sulfone groups is 1. The SMILES string of the molecule is N#Cc1ccc(NC(=O)C(O)(CS(=O)(=O)C2CC2)c2cccc(C(F)(F)F)c2)cc1Cl. The van der Waals surface area contributed by atoms with Gasteiger partial charge in [0.15, 0.2) is 15.4 Å². The molecule has 1 amide bonds. The molecule has 1 aliphatic carbocycles. The second kappa shape index (κ2) is 8.15. The average molecular weight is 473 g/mol. The molecule has 2 N–H and O–H groups in total. The van der Waals surface area contributed by atoms with Gasteiger partial charge in [0.1, 0.15) is 6.07 Å². The Kier molecular flexibility index (Phi) is 6.06. The fourth-order valence-electron chi connectivity index (χ4n) is 2.99. The number of nitrogens with zero attached hydrogens (tertiary/aromatic N) is 1. The highest BCUT2D eigenvalue weighted by Crippen LogP contribution is 2.37. The highest BCUT2D eigenvalue weighted by Gasteiger charge is 2.48. The van der Waals surface area contributed by atoms with Crippen LogP contribution in [0.4, 0.5) is 18.9 Å². The van der Waals surface area contributed by atoms with Gasteiger partial charge in [-0.15, -0.1) is 0 Å². The van der Waals surface area contributed by atoms with Gasteiger partial charge in [-0.25, -0.2) is 8.42 Å². The minimum absolute atomic E-state index is 0.00601. The van der Waals surface area contributed by atoms with Gasteiger partial charge in [-0.2, -0.15) is 18.4 Å². The highest BCUT2D eigenvalue weighted by molar-refractivity contribution is 7.92. The summed E-state index contributed by atoms with van der Waals surface area (Å²) in [5.41, 5.74) is -4.29. The lowest BCUT2D eigenvalue weighted by Gasteiger charge is -2.28. The van der Waals surface area contributed by atoms with Gasteiger partial charge in [0.25, 0.3) is 5.91 Å². The summed E-state index contributed by atoms with van der Waals surface area (Å²) in [6, 6.07) is 8.96. The van der Waals surface area contributed by atoms with Crippen LogP contribution in [0.2, 0.25) is 5.02 Å². The second-order valence-electron chi connectivity index (χ2n) is 7.21. The molecule has 31 heavy (non-hydrogen) atoms. The third-order valence-corrected chi connectivity index (χ3v) is 7.45. The number of nitriles is 1. The number of nitrogens with one attached hydrogen (secondary N) is 1. The molecule has 0 aliphatic heterocycles. The van der Waals surface area contributed by atoms with Gasteiger partial charge in [-0.05, 0) is 48.7 Å². The number of hydrogen-bond donors (Lipinski definition) is 2. The van der Waals surface area contributed by atoms with Gasteiger partial charge in [0, 0.05) is 5.69 Å². The van der Waals surface area contributed by atoms with E-state index in [9.17, 15) is 31.5 Å². The summed E-state index contributed by atoms with van der Waals surface area (Å²) in [7, 11) is -3.96. The van der Waals surface area contributed by atoms with Crippen molar-refractivity contribution in [2.24, 2.45) is 0 Å². The molecule has 1 unspecified atom stereocenters. The number of hydrogen-bond acceptors (Lipinski definition) is 5. The molecule has 6 nitrogen and oxygen atoms in total. The van der Waals surface area contributed by atoms with E-state index < -0.39 is 49.7 Å². The molecule has 3 rings (SSSR count). The van der Waals surface area contributed by atoms with Crippen molar-refractivity contribution in [2.45, 2.75) is 29.9 Å². The van der Waals surface area contributed by atoms with E-state index in [0.717, 1.165) is 18.2 Å². The zero-order valence-corrected chi connectivity index (χ0v) is 17.4. The maximum Gasteiger partial charge on any atom is 0.416 e. The van der Waals surface area contributed by atoms with Crippen molar-refractivity contribution in [1.82, 2.24) is 0 Å². The number of amides is 1. The summed E-state index contributed by atoms with van der Waals surface area (Å²) in [5.74, 6) is -2.32. The Morgan fingerprint density at radius 2 is 1.84 bits per heavy atom. The first-order valence-electron chi connectivity index (χ1n) is 8.99. The lowest BCUT2D eigenvalue weighted by molar-refractivity contribution is -0.138. The maximum absolute atomic E-state index is 13.2. The van der Waals surface area contributed by atoms with Crippen molar-refractivity contribution in [3.63, 3.8) is 0 Å². The molecule has 1 saturated carbocycles. The van der Waals surface area contributed by atoms with Crippen LogP contribution in [0.1, 0.15) is 29.5 Å². The van der Waals surface area contributed by atoms with E-state index in [-0.39, 0.29) is 16.3 Å². The van der Waals surface area contributed by atoms with Crippen LogP contribution in [0.25, 0.3) is 0 Å². The van der Waals surface area contributed by atoms with Crippen LogP contribution in [0.15, 0.2) is 42.5 Å². The van der Waals surface area contributed by atoms with Crippen LogP contribution in [-0.2, 0) is 26.4 Å². The Morgan fingerprint density at radius 1 is 1.19 bits per heavy atom. The lowest BCUT2D eigenvalue weighted by Crippen LogP contribution is -2.46. The normalized spacial score (nSPS) is 16.3. The Hall–Kier alpha value is -2.61. The fraction of sp³-hybridized carbons (Fsp3) is 0.300. The highest BCUT2D eigenvalue weighted by atomic mass is 35.5. The van der Waals surface area contributed by atoms with Gasteiger partial charge in [-0.1, -0.05) is 23.7 Å². The van der Waals surface area contributed by atoms with E-state index in [4.69, 9.17) is 16.9 Å². The first kappa shape index (κ1) is 23.1. The molecule has 0 heterocycles. The maximum atomic E-state index is 13.2. The minimum Gasteiger partial charge on any atom is -0.374 e. The summed E-state index contributed by atoms with van der Waals surface area (Å²) in [6.45, 7) is 0. The summed E-state index contributed by atoms with van der Waals surface area (Å²) < 4.78 is 64.5. The van der Waals surface area contributed by atoms with Crippen molar-refractivity contribution in [3.05, 3.63) is 64.2 Å². The molecule has 11 heteroatoms. The first-order valence-corrected chi connectivity index (χ1v) is 11.1. The van der Waals surface area contributed by atoms with Crippen LogP contribution in [0.5, 0.6) is 0 Å². The molecular formula is C20H16ClF3N2O4S. The average Bonchev–Trinajstić information content (AvgIpc) is 3.53. The zero-order valence-electron chi connectivity index (χ0n) is 15.8. The number of halogens is 4. The molecule has 2 aromatic rings. The standard InChI is InChI=1S/C20H16ClF3N2O4S/c21-17-9-15(5-4-12(17)10-25)26-18(27)19(28,11-31(29,30)16-6-7-16)13-2-1-3-14(8-13)20(22,23)24/h1-5,8-9,16,28H,6-7,11H2,(H,26,27). The van der Waals surface area contributed by atoms with Gasteiger partial charge < -0.3 is 10.4 Å². The molecule has 1 aliphatic rings. The van der Waals surface area contributed by atoms with Crippen LogP contribution in [-0.4, -0.2) is 30.4 Å². The Balaban J connectivity index is 2.02. The lowest BCUT2D eigenvalue weighted by atomic mass is 9.93. The van der Waals surface area contributed by atoms with Gasteiger partial charge in [0.05, 0.1) is 27.2 Å². The third kappa shape index (κ3) is 5.01. The van der Waals surface area contributed by atoms with Crippen LogP contribution in [0, 0.1) is 11.3 Å². The second-order valence-corrected chi connectivity index (χ2v) is 9.89. The third-order valence-electron chi connectivity index (χ3n) is 4.83. The number of aliphatic hydroxyl groups is 1. The van der Waals surface area contributed by atoms with Crippen LogP contribution < -0.4 is 5.32 Å². The first-order chi connectivity index (χ1) is 14.4. The molecule has 1 atom stereocenters. The van der Waals surface area contributed by atoms with E-state index in [1.807, 2.05) is 6.07 Å². The van der Waals surface area contributed by atoms with Crippen molar-refractivity contribution in [3.8, 4) is 6.07 Å². The largest absolute Gasteiger partial charge is 0.416 e. The van der Waals surface area contributed by atoms with Gasteiger partial charge in [0.2, 0.25) is 0 Å². The molecule has 0 radical (unpaired) electrons. The number of carbonyl (C=O) groups is 1. The molecular weight excluding hydrogens is 457 g/mol. The summed E-state index contributed by atoms with van der Waals surface area (Å²) >= 11 is 5.91. The predicted molar refractivity (Wildman–Crippen MR) is 107 cm³/mol. The molecule has 0 aromatic heterocycles. The number of rotatable bonds is 6. The van der Waals surface area contributed by atoms with Crippen molar-refractivity contribution in [2.75, 3.05) is 11.1 Å². The van der Waals surface area contributed by atoms with Crippen LogP contribution in [0.3, 0.4) is 0 Å². The predicted octanol–water partition coefficient (Wildman–Crippen LogP) is 3.63. The van der Waals surface area contributed by atoms with E-state index in [2.05, 4.69) is 5.32 Å². The van der Waals surface area contributed by atoms with E-state index >= 15 is 0 Å². The summed E-state index contributed by atoms with van der Waals surface area (Å²) in [5, 5.41) is 21.6. The molecule has 0 saturated heterocycles. The van der Waals surface area contributed by atoms with Gasteiger partial charge >= 0.3 is 6.18 Å². The van der Waals surface area contributed by atoms with Gasteiger partial charge in [-0.3, -0.25) is 4.79 Å². The summed E-state index contributed by atoms with van der Waals surface area (Å²) in [4.78, 5) is 13.0. The van der Waals surface area contributed by atoms with Crippen molar-refractivity contribution >= 4 is 33.0 Å². The number of anilines is 1. The number of alkyl halides is 3. The molecule has 0 bridgehead atoms. The quantitative estimate of drug-likeness (QED) is 0.667. The van der Waals surface area contributed by atoms with E-state index in [1.54, 1.807) is 0 Å². The molecule has 2 aromatic carbocycles. The fourth-order valence-corrected chi connectivity index (χ4v) is 5.18. The monoisotopic (exact) mass is 472 g/mol. The van der Waals surface area contributed by atoms with Crippen molar-refractivity contribution < 1.29 is 31.5 Å². The Labute approximate surface area is 181 Å². The minimum atomic E-state index is -4.76. The smallest absolute Gasteiger partial charge is 0.374 e. The zero-order chi connectivity index (χ0) is 23.0. The number of benzene rings is 2. The molecule has 164 valence electrons. The Bertz CT molecular complexity index is 1170. The topological polar surface area (TPSA) is 107 Å². The summed E-state index contributed by atoms with van der Waals surface area (Å²) in [6.07, 6.45) is -4.05. The Morgan fingerprint density at radius 3 is 2.39 bits per heavy atom. The van der Waals surface area contributed by atoms with Crippen LogP contribution >= 0.6 is 11.6 Å². The van der Waals surface area contributed by atoms with E-state index in [1.165, 1.54) is 18.2 Å². The van der Waals surface area contributed by atoms with Crippen molar-refractivity contribution in [1.29, 1.82) is 5.26 Å². The number of carbonyl (C=O) groups excluding carboxylic acids is 1. The van der Waals surface area contributed by atoms with E-state index in [0.29, 0.717) is 18.9 Å².